The Balaban J connectivity index is 1.85. The van der Waals surface area contributed by atoms with Crippen LogP contribution in [0.5, 0.6) is 0 Å². The van der Waals surface area contributed by atoms with Gasteiger partial charge >= 0.3 is 0 Å². The average molecular weight is 247 g/mol. The van der Waals surface area contributed by atoms with E-state index in [1.54, 1.807) is 0 Å². The molecule has 1 aromatic rings. The van der Waals surface area contributed by atoms with Crippen LogP contribution in [0.2, 0.25) is 0 Å². The van der Waals surface area contributed by atoms with E-state index in [2.05, 4.69) is 10.3 Å². The first-order valence-electron chi connectivity index (χ1n) is 6.67. The molecule has 1 aliphatic rings. The van der Waals surface area contributed by atoms with Gasteiger partial charge in [0, 0.05) is 31.2 Å². The lowest BCUT2D eigenvalue weighted by molar-refractivity contribution is -0.131. The van der Waals surface area contributed by atoms with Gasteiger partial charge < -0.3 is 10.2 Å². The van der Waals surface area contributed by atoms with Gasteiger partial charge in [0.25, 0.3) is 0 Å². The monoisotopic (exact) mass is 247 g/mol. The zero-order chi connectivity index (χ0) is 13.0. The second-order valence-corrected chi connectivity index (χ2v) is 4.82. The van der Waals surface area contributed by atoms with Crippen molar-refractivity contribution in [1.82, 2.24) is 9.88 Å². The van der Waals surface area contributed by atoms with Crippen molar-refractivity contribution in [3.05, 3.63) is 23.9 Å². The molecule has 0 aliphatic carbocycles. The highest BCUT2D eigenvalue weighted by molar-refractivity contribution is 5.75. The van der Waals surface area contributed by atoms with E-state index >= 15 is 0 Å². The third kappa shape index (κ3) is 3.22. The van der Waals surface area contributed by atoms with Crippen molar-refractivity contribution >= 4 is 11.7 Å². The Hall–Kier alpha value is -1.58. The van der Waals surface area contributed by atoms with Crippen LogP contribution in [-0.2, 0) is 4.79 Å². The average Bonchev–Trinajstić information content (AvgIpc) is 2.39. The van der Waals surface area contributed by atoms with Gasteiger partial charge in [-0.3, -0.25) is 4.79 Å². The topological polar surface area (TPSA) is 45.2 Å². The van der Waals surface area contributed by atoms with Gasteiger partial charge in [0.05, 0.1) is 0 Å². The summed E-state index contributed by atoms with van der Waals surface area (Å²) in [5, 5.41) is 3.45. The van der Waals surface area contributed by atoms with E-state index in [0.29, 0.717) is 12.5 Å². The molecule has 4 nitrogen and oxygen atoms in total. The van der Waals surface area contributed by atoms with Crippen LogP contribution < -0.4 is 5.32 Å². The molecule has 1 aliphatic heterocycles. The molecule has 0 radical (unpaired) electrons. The van der Waals surface area contributed by atoms with Gasteiger partial charge in [0.15, 0.2) is 0 Å². The Bertz CT molecular complexity index is 411. The smallest absolute Gasteiger partial charge is 0.222 e. The van der Waals surface area contributed by atoms with Gasteiger partial charge in [0.2, 0.25) is 5.91 Å². The molecule has 1 aromatic heterocycles. The molecule has 1 fully saturated rings. The quantitative estimate of drug-likeness (QED) is 0.890. The summed E-state index contributed by atoms with van der Waals surface area (Å²) in [6, 6.07) is 6.44. The summed E-state index contributed by atoms with van der Waals surface area (Å²) in [4.78, 5) is 18.0. The molecule has 0 aromatic carbocycles. The fourth-order valence-corrected chi connectivity index (χ4v) is 2.33. The second-order valence-electron chi connectivity index (χ2n) is 4.82. The van der Waals surface area contributed by atoms with E-state index in [9.17, 15) is 4.79 Å². The molecule has 18 heavy (non-hydrogen) atoms. The first kappa shape index (κ1) is 12.9. The lowest BCUT2D eigenvalue weighted by Crippen LogP contribution is -2.42. The molecule has 0 saturated carbocycles. The largest absolute Gasteiger partial charge is 0.367 e. The minimum Gasteiger partial charge on any atom is -0.367 e. The number of likely N-dealkylation sites (tertiary alicyclic amines) is 1. The van der Waals surface area contributed by atoms with Crippen molar-refractivity contribution < 1.29 is 4.79 Å². The van der Waals surface area contributed by atoms with Gasteiger partial charge in [-0.25, -0.2) is 4.98 Å². The summed E-state index contributed by atoms with van der Waals surface area (Å²) in [6.07, 6.45) is 2.61. The fraction of sp³-hybridized carbons (Fsp3) is 0.571. The van der Waals surface area contributed by atoms with Crippen molar-refractivity contribution in [3.8, 4) is 0 Å². The Morgan fingerprint density at radius 2 is 2.17 bits per heavy atom. The standard InChI is InChI=1S/C14H21N3O/c1-3-14(18)17-9-7-12(8-10-17)16-13-6-4-5-11(2)15-13/h4-6,12H,3,7-10H2,1-2H3,(H,15,16). The fourth-order valence-electron chi connectivity index (χ4n) is 2.33. The first-order valence-corrected chi connectivity index (χ1v) is 6.67. The van der Waals surface area contributed by atoms with Gasteiger partial charge in [-0.1, -0.05) is 13.0 Å². The molecule has 0 bridgehead atoms. The maximum atomic E-state index is 11.6. The highest BCUT2D eigenvalue weighted by Gasteiger charge is 2.21. The van der Waals surface area contributed by atoms with E-state index in [1.165, 1.54) is 0 Å². The van der Waals surface area contributed by atoms with E-state index in [4.69, 9.17) is 0 Å². The summed E-state index contributed by atoms with van der Waals surface area (Å²) in [5.41, 5.74) is 1.03. The van der Waals surface area contributed by atoms with E-state index in [0.717, 1.165) is 37.4 Å². The summed E-state index contributed by atoms with van der Waals surface area (Å²) in [6.45, 7) is 5.63. The number of hydrogen-bond donors (Lipinski definition) is 1. The highest BCUT2D eigenvalue weighted by Crippen LogP contribution is 2.16. The number of carbonyl (C=O) groups excluding carboxylic acids is 1. The maximum Gasteiger partial charge on any atom is 0.222 e. The molecular weight excluding hydrogens is 226 g/mol. The van der Waals surface area contributed by atoms with Crippen LogP contribution in [0.25, 0.3) is 0 Å². The van der Waals surface area contributed by atoms with Crippen LogP contribution in [0.3, 0.4) is 0 Å². The number of aromatic nitrogens is 1. The first-order chi connectivity index (χ1) is 8.69. The normalized spacial score (nSPS) is 16.7. The molecule has 1 saturated heterocycles. The van der Waals surface area contributed by atoms with E-state index < -0.39 is 0 Å². The SMILES string of the molecule is CCC(=O)N1CCC(Nc2cccc(C)n2)CC1. The van der Waals surface area contributed by atoms with Crippen LogP contribution in [-0.4, -0.2) is 34.9 Å². The number of anilines is 1. The predicted octanol–water partition coefficient (Wildman–Crippen LogP) is 2.20. The minimum absolute atomic E-state index is 0.266. The zero-order valence-corrected chi connectivity index (χ0v) is 11.1. The Labute approximate surface area is 108 Å². The van der Waals surface area contributed by atoms with Gasteiger partial charge in [-0.2, -0.15) is 0 Å². The molecule has 1 amide bonds. The summed E-state index contributed by atoms with van der Waals surface area (Å²) >= 11 is 0. The molecule has 98 valence electrons. The lowest BCUT2D eigenvalue weighted by atomic mass is 10.0. The molecule has 0 atom stereocenters. The number of hydrogen-bond acceptors (Lipinski definition) is 3. The summed E-state index contributed by atoms with van der Waals surface area (Å²) in [5.74, 6) is 1.21. The van der Waals surface area contributed by atoms with Crippen LogP contribution in [0.4, 0.5) is 5.82 Å². The second kappa shape index (κ2) is 5.85. The molecule has 2 heterocycles. The number of carbonyl (C=O) groups is 1. The van der Waals surface area contributed by atoms with E-state index in [1.807, 2.05) is 36.9 Å². The number of nitrogens with one attached hydrogen (secondary N) is 1. The summed E-state index contributed by atoms with van der Waals surface area (Å²) in [7, 11) is 0. The Kier molecular flexibility index (Phi) is 4.18. The summed E-state index contributed by atoms with van der Waals surface area (Å²) < 4.78 is 0. The van der Waals surface area contributed by atoms with Crippen molar-refractivity contribution in [1.29, 1.82) is 0 Å². The molecule has 4 heteroatoms. The number of rotatable bonds is 3. The van der Waals surface area contributed by atoms with Crippen molar-refractivity contribution in [2.45, 2.75) is 39.2 Å². The third-order valence-electron chi connectivity index (χ3n) is 3.39. The number of piperidine rings is 1. The Morgan fingerprint density at radius 1 is 1.44 bits per heavy atom. The number of aryl methyl sites for hydroxylation is 1. The van der Waals surface area contributed by atoms with Crippen LogP contribution in [0.1, 0.15) is 31.9 Å². The van der Waals surface area contributed by atoms with Gasteiger partial charge in [0.1, 0.15) is 5.82 Å². The molecule has 0 spiro atoms. The van der Waals surface area contributed by atoms with Gasteiger partial charge in [-0.15, -0.1) is 0 Å². The van der Waals surface area contributed by atoms with Crippen LogP contribution in [0, 0.1) is 6.92 Å². The van der Waals surface area contributed by atoms with Gasteiger partial charge in [-0.05, 0) is 31.9 Å². The molecular formula is C14H21N3O. The van der Waals surface area contributed by atoms with E-state index in [-0.39, 0.29) is 5.91 Å². The number of nitrogens with zero attached hydrogens (tertiary/aromatic N) is 2. The number of amides is 1. The minimum atomic E-state index is 0.266. The number of pyridine rings is 1. The highest BCUT2D eigenvalue weighted by atomic mass is 16.2. The van der Waals surface area contributed by atoms with Crippen LogP contribution >= 0.6 is 0 Å². The Morgan fingerprint density at radius 3 is 2.78 bits per heavy atom. The lowest BCUT2D eigenvalue weighted by Gasteiger charge is -2.32. The van der Waals surface area contributed by atoms with Crippen molar-refractivity contribution in [3.63, 3.8) is 0 Å². The van der Waals surface area contributed by atoms with Crippen LogP contribution in [0.15, 0.2) is 18.2 Å². The molecule has 0 unspecified atom stereocenters. The predicted molar refractivity (Wildman–Crippen MR) is 72.5 cm³/mol. The zero-order valence-electron chi connectivity index (χ0n) is 11.1. The molecule has 1 N–H and O–H groups in total. The third-order valence-corrected chi connectivity index (χ3v) is 3.39. The van der Waals surface area contributed by atoms with Crippen molar-refractivity contribution in [2.75, 3.05) is 18.4 Å². The molecule has 2 rings (SSSR count). The maximum absolute atomic E-state index is 11.6. The van der Waals surface area contributed by atoms with Crippen molar-refractivity contribution in [2.24, 2.45) is 0 Å².